The maximum Gasteiger partial charge on any atom is 0.360 e. The third-order valence-electron chi connectivity index (χ3n) is 2.64. The lowest BCUT2D eigenvalue weighted by Crippen LogP contribution is -2.22. The van der Waals surface area contributed by atoms with Crippen LogP contribution in [0.15, 0.2) is 33.5 Å². The van der Waals surface area contributed by atoms with E-state index < -0.39 is 17.1 Å². The highest BCUT2D eigenvalue weighted by molar-refractivity contribution is 9.10. The topological polar surface area (TPSA) is 72.2 Å². The summed E-state index contributed by atoms with van der Waals surface area (Å²) in [5.74, 6) is -1.33. The highest BCUT2D eigenvalue weighted by atomic mass is 79.9. The summed E-state index contributed by atoms with van der Waals surface area (Å²) in [6.07, 6.45) is 0. The predicted molar refractivity (Wildman–Crippen MR) is 74.0 cm³/mol. The molecule has 0 spiro atoms. The van der Waals surface area contributed by atoms with Crippen LogP contribution in [0.1, 0.15) is 21.7 Å². The van der Waals surface area contributed by atoms with Gasteiger partial charge < -0.3 is 5.11 Å². The van der Waals surface area contributed by atoms with Crippen molar-refractivity contribution in [3.63, 3.8) is 0 Å². The number of hydrogen-bond acceptors (Lipinski definition) is 3. The highest BCUT2D eigenvalue weighted by Crippen LogP contribution is 2.22. The van der Waals surface area contributed by atoms with Crippen LogP contribution in [0.25, 0.3) is 5.69 Å². The molecule has 0 unspecified atom stereocenters. The highest BCUT2D eigenvalue weighted by Gasteiger charge is 2.14. The minimum Gasteiger partial charge on any atom is -0.476 e. The van der Waals surface area contributed by atoms with Crippen LogP contribution in [0.4, 0.5) is 0 Å². The lowest BCUT2D eigenvalue weighted by molar-refractivity contribution is 0.0686. The van der Waals surface area contributed by atoms with Crippen molar-refractivity contribution >= 4 is 21.9 Å². The summed E-state index contributed by atoms with van der Waals surface area (Å²) in [7, 11) is 0. The normalized spacial score (nSPS) is 10.5. The molecule has 1 aromatic carbocycles. The van der Waals surface area contributed by atoms with E-state index in [-0.39, 0.29) is 0 Å². The number of aromatic nitrogens is 2. The van der Waals surface area contributed by atoms with Crippen molar-refractivity contribution in [2.45, 2.75) is 13.8 Å². The van der Waals surface area contributed by atoms with Gasteiger partial charge in [-0.15, -0.1) is 0 Å². The third-order valence-corrected chi connectivity index (χ3v) is 3.28. The van der Waals surface area contributed by atoms with Crippen molar-refractivity contribution < 1.29 is 9.90 Å². The molecule has 6 heteroatoms. The van der Waals surface area contributed by atoms with Crippen LogP contribution in [-0.2, 0) is 0 Å². The molecular weight excluding hydrogens is 312 g/mol. The Balaban J connectivity index is 2.71. The second-order valence-corrected chi connectivity index (χ2v) is 5.02. The van der Waals surface area contributed by atoms with Crippen molar-refractivity contribution in [3.8, 4) is 5.69 Å². The van der Waals surface area contributed by atoms with Gasteiger partial charge in [0.05, 0.1) is 5.69 Å². The lowest BCUT2D eigenvalue weighted by atomic mass is 10.2. The number of aromatic carboxylic acids is 1. The Morgan fingerprint density at radius 1 is 1.32 bits per heavy atom. The quantitative estimate of drug-likeness (QED) is 0.920. The first kappa shape index (κ1) is 13.5. The maximum atomic E-state index is 11.5. The van der Waals surface area contributed by atoms with E-state index >= 15 is 0 Å². The van der Waals surface area contributed by atoms with E-state index in [2.05, 4.69) is 21.0 Å². The van der Waals surface area contributed by atoms with E-state index in [0.717, 1.165) is 10.0 Å². The summed E-state index contributed by atoms with van der Waals surface area (Å²) < 4.78 is 2.22. The molecule has 0 amide bonds. The number of rotatable bonds is 2. The van der Waals surface area contributed by atoms with Gasteiger partial charge in [0.1, 0.15) is 0 Å². The molecule has 0 saturated carbocycles. The number of hydrogen-bond donors (Lipinski definition) is 1. The van der Waals surface area contributed by atoms with Gasteiger partial charge in [0.15, 0.2) is 0 Å². The van der Waals surface area contributed by atoms with Crippen LogP contribution in [-0.4, -0.2) is 20.9 Å². The molecule has 0 atom stereocenters. The Labute approximate surface area is 117 Å². The van der Waals surface area contributed by atoms with Gasteiger partial charge in [-0.25, -0.2) is 9.48 Å². The van der Waals surface area contributed by atoms with E-state index in [1.807, 2.05) is 25.1 Å². The second kappa shape index (κ2) is 4.97. The Kier molecular flexibility index (Phi) is 3.53. The molecule has 1 heterocycles. The molecule has 1 N–H and O–H groups in total. The molecule has 0 radical (unpaired) electrons. The summed E-state index contributed by atoms with van der Waals surface area (Å²) >= 11 is 3.41. The number of carbonyl (C=O) groups is 1. The summed E-state index contributed by atoms with van der Waals surface area (Å²) in [5.41, 5.74) is 1.24. The second-order valence-electron chi connectivity index (χ2n) is 4.17. The number of carboxylic acids is 1. The minimum atomic E-state index is -1.33. The Morgan fingerprint density at radius 3 is 2.58 bits per heavy atom. The van der Waals surface area contributed by atoms with Gasteiger partial charge in [0, 0.05) is 16.2 Å². The fourth-order valence-corrected chi connectivity index (χ4v) is 2.38. The van der Waals surface area contributed by atoms with E-state index in [0.29, 0.717) is 11.4 Å². The van der Waals surface area contributed by atoms with Gasteiger partial charge in [0.2, 0.25) is 11.1 Å². The van der Waals surface area contributed by atoms with Crippen LogP contribution in [0.3, 0.4) is 0 Å². The zero-order valence-corrected chi connectivity index (χ0v) is 11.9. The van der Waals surface area contributed by atoms with E-state index in [9.17, 15) is 9.59 Å². The molecule has 0 fully saturated rings. The smallest absolute Gasteiger partial charge is 0.360 e. The number of nitrogens with zero attached hydrogens (tertiary/aromatic N) is 2. The minimum absolute atomic E-state index is 0.488. The predicted octanol–water partition coefficient (Wildman–Crippen LogP) is 2.31. The molecule has 0 aliphatic heterocycles. The van der Waals surface area contributed by atoms with E-state index in [4.69, 9.17) is 5.11 Å². The van der Waals surface area contributed by atoms with Crippen molar-refractivity contribution in [1.82, 2.24) is 9.78 Å². The van der Waals surface area contributed by atoms with Crippen molar-refractivity contribution in [1.29, 1.82) is 0 Å². The molecule has 5 nitrogen and oxygen atoms in total. The number of aryl methyl sites for hydroxylation is 2. The fourth-order valence-electron chi connectivity index (χ4n) is 1.72. The molecule has 2 rings (SSSR count). The van der Waals surface area contributed by atoms with Crippen molar-refractivity contribution in [2.24, 2.45) is 0 Å². The van der Waals surface area contributed by atoms with Gasteiger partial charge in [0.25, 0.3) is 0 Å². The Morgan fingerprint density at radius 2 is 2.00 bits per heavy atom. The van der Waals surface area contributed by atoms with Gasteiger partial charge in [-0.3, -0.25) is 4.79 Å². The van der Waals surface area contributed by atoms with Crippen LogP contribution >= 0.6 is 15.9 Å². The zero-order chi connectivity index (χ0) is 14.2. The zero-order valence-electron chi connectivity index (χ0n) is 10.3. The molecular formula is C13H11BrN2O3. The number of carboxylic acid groups (broad SMARTS) is 1. The van der Waals surface area contributed by atoms with Crippen LogP contribution in [0.2, 0.25) is 0 Å². The molecule has 0 aliphatic carbocycles. The van der Waals surface area contributed by atoms with Crippen LogP contribution < -0.4 is 5.43 Å². The molecule has 0 saturated heterocycles. The number of benzene rings is 1. The van der Waals surface area contributed by atoms with E-state index in [1.165, 1.54) is 10.7 Å². The first-order valence-electron chi connectivity index (χ1n) is 5.51. The molecule has 1 aromatic heterocycles. The summed E-state index contributed by atoms with van der Waals surface area (Å²) in [4.78, 5) is 22.5. The lowest BCUT2D eigenvalue weighted by Gasteiger charge is -2.12. The standard InChI is InChI=1S/C13H11BrN2O3/c1-7-3-4-10(9(14)5-7)16-8(2)6-11(17)12(15-16)13(18)19/h3-6H,1-2H3,(H,18,19). The Hall–Kier alpha value is -1.95. The summed E-state index contributed by atoms with van der Waals surface area (Å²) in [5, 5.41) is 12.9. The molecule has 0 aliphatic rings. The fraction of sp³-hybridized carbons (Fsp3) is 0.154. The van der Waals surface area contributed by atoms with Gasteiger partial charge in [-0.1, -0.05) is 6.07 Å². The van der Waals surface area contributed by atoms with Gasteiger partial charge in [-0.2, -0.15) is 5.10 Å². The molecule has 98 valence electrons. The molecule has 19 heavy (non-hydrogen) atoms. The largest absolute Gasteiger partial charge is 0.476 e. The van der Waals surface area contributed by atoms with Crippen molar-refractivity contribution in [2.75, 3.05) is 0 Å². The summed E-state index contributed by atoms with van der Waals surface area (Å²) in [6.45, 7) is 3.65. The monoisotopic (exact) mass is 322 g/mol. The number of halogens is 1. The average Bonchev–Trinajstić information content (AvgIpc) is 2.30. The van der Waals surface area contributed by atoms with E-state index in [1.54, 1.807) is 6.92 Å². The van der Waals surface area contributed by atoms with Crippen LogP contribution in [0, 0.1) is 13.8 Å². The average molecular weight is 323 g/mol. The third kappa shape index (κ3) is 2.58. The SMILES string of the molecule is Cc1ccc(-n2nc(C(=O)O)c(=O)cc2C)c(Br)c1. The van der Waals surface area contributed by atoms with Crippen LogP contribution in [0.5, 0.6) is 0 Å². The van der Waals surface area contributed by atoms with Gasteiger partial charge >= 0.3 is 5.97 Å². The first-order valence-corrected chi connectivity index (χ1v) is 6.30. The van der Waals surface area contributed by atoms with Gasteiger partial charge in [-0.05, 0) is 47.5 Å². The molecule has 0 bridgehead atoms. The first-order chi connectivity index (χ1) is 8.90. The summed E-state index contributed by atoms with van der Waals surface area (Å²) in [6, 6.07) is 6.87. The van der Waals surface area contributed by atoms with Crippen molar-refractivity contribution in [3.05, 3.63) is 55.9 Å². The molecule has 2 aromatic rings. The Bertz CT molecular complexity index is 722. The maximum absolute atomic E-state index is 11.5.